The van der Waals surface area contributed by atoms with E-state index in [0.29, 0.717) is 23.0 Å². The highest BCUT2D eigenvalue weighted by atomic mass is 35.5. The molecular formula is C14H13Cl2NO2S. The molecule has 0 saturated carbocycles. The molecule has 0 atom stereocenters. The summed E-state index contributed by atoms with van der Waals surface area (Å²) in [5, 5.41) is 4.44. The van der Waals surface area contributed by atoms with Gasteiger partial charge in [0, 0.05) is 32.0 Å². The minimum absolute atomic E-state index is 0.229. The minimum atomic E-state index is -0.229. The van der Waals surface area contributed by atoms with Crippen LogP contribution in [-0.2, 0) is 22.5 Å². The normalized spacial score (nSPS) is 10.3. The number of hydrogen-bond donors (Lipinski definition) is 1. The van der Waals surface area contributed by atoms with Gasteiger partial charge in [0.2, 0.25) is 0 Å². The van der Waals surface area contributed by atoms with Crippen LogP contribution >= 0.6 is 34.5 Å². The molecule has 1 aromatic heterocycles. The topological polar surface area (TPSA) is 38.3 Å². The standard InChI is InChI=1S/C14H13Cl2NO2S/c1-19-14(18)7-12-2-3-13(20-12)8-17-11-5-9(15)4-10(16)6-11/h2-6,17H,7-8H2,1H3. The first kappa shape index (κ1) is 15.2. The van der Waals surface area contributed by atoms with E-state index in [1.54, 1.807) is 17.4 Å². The van der Waals surface area contributed by atoms with E-state index in [0.717, 1.165) is 15.4 Å². The number of halogens is 2. The molecule has 106 valence electrons. The zero-order valence-electron chi connectivity index (χ0n) is 10.8. The zero-order chi connectivity index (χ0) is 14.5. The Hall–Kier alpha value is -1.23. The number of carbonyl (C=O) groups is 1. The quantitative estimate of drug-likeness (QED) is 0.827. The van der Waals surface area contributed by atoms with Crippen LogP contribution in [0.15, 0.2) is 30.3 Å². The van der Waals surface area contributed by atoms with E-state index in [-0.39, 0.29) is 5.97 Å². The fourth-order valence-corrected chi connectivity index (χ4v) is 3.14. The van der Waals surface area contributed by atoms with Gasteiger partial charge in [0.25, 0.3) is 0 Å². The van der Waals surface area contributed by atoms with Crippen molar-refractivity contribution in [2.24, 2.45) is 0 Å². The van der Waals surface area contributed by atoms with E-state index in [1.807, 2.05) is 24.3 Å². The second-order valence-electron chi connectivity index (χ2n) is 4.13. The maximum atomic E-state index is 11.2. The highest BCUT2D eigenvalue weighted by Crippen LogP contribution is 2.24. The molecule has 20 heavy (non-hydrogen) atoms. The molecule has 6 heteroatoms. The van der Waals surface area contributed by atoms with Crippen LogP contribution < -0.4 is 5.32 Å². The number of benzene rings is 1. The minimum Gasteiger partial charge on any atom is -0.469 e. The van der Waals surface area contributed by atoms with Crippen LogP contribution in [0.25, 0.3) is 0 Å². The molecule has 0 fully saturated rings. The summed E-state index contributed by atoms with van der Waals surface area (Å²) >= 11 is 13.4. The van der Waals surface area contributed by atoms with E-state index < -0.39 is 0 Å². The highest BCUT2D eigenvalue weighted by Gasteiger charge is 2.06. The first-order valence-corrected chi connectivity index (χ1v) is 7.48. The smallest absolute Gasteiger partial charge is 0.310 e. The number of nitrogens with one attached hydrogen (secondary N) is 1. The van der Waals surface area contributed by atoms with Gasteiger partial charge < -0.3 is 10.1 Å². The van der Waals surface area contributed by atoms with E-state index in [9.17, 15) is 4.79 Å². The summed E-state index contributed by atoms with van der Waals surface area (Å²) < 4.78 is 4.64. The molecule has 0 radical (unpaired) electrons. The predicted octanol–water partition coefficient (Wildman–Crippen LogP) is 4.38. The first-order valence-electron chi connectivity index (χ1n) is 5.91. The third-order valence-corrected chi connectivity index (χ3v) is 4.11. The Morgan fingerprint density at radius 3 is 2.50 bits per heavy atom. The molecule has 2 aromatic rings. The SMILES string of the molecule is COC(=O)Cc1ccc(CNc2cc(Cl)cc(Cl)c2)s1. The van der Waals surface area contributed by atoms with E-state index in [1.165, 1.54) is 7.11 Å². The number of carbonyl (C=O) groups excluding carboxylic acids is 1. The first-order chi connectivity index (χ1) is 9.56. The van der Waals surface area contributed by atoms with Gasteiger partial charge in [-0.2, -0.15) is 0 Å². The molecule has 0 aliphatic heterocycles. The average Bonchev–Trinajstić information content (AvgIpc) is 2.83. The molecule has 2 rings (SSSR count). The summed E-state index contributed by atoms with van der Waals surface area (Å²) in [7, 11) is 1.39. The van der Waals surface area contributed by atoms with Crippen LogP contribution in [0, 0.1) is 0 Å². The zero-order valence-corrected chi connectivity index (χ0v) is 13.1. The van der Waals surface area contributed by atoms with Gasteiger partial charge in [-0.3, -0.25) is 4.79 Å². The molecule has 0 aliphatic rings. The van der Waals surface area contributed by atoms with Crippen LogP contribution in [0.1, 0.15) is 9.75 Å². The van der Waals surface area contributed by atoms with Crippen molar-refractivity contribution in [3.8, 4) is 0 Å². The summed E-state index contributed by atoms with van der Waals surface area (Å²) in [4.78, 5) is 13.3. The molecule has 0 aliphatic carbocycles. The summed E-state index contributed by atoms with van der Waals surface area (Å²) in [6.07, 6.45) is 0.310. The summed E-state index contributed by atoms with van der Waals surface area (Å²) in [5.41, 5.74) is 0.866. The molecule has 1 N–H and O–H groups in total. The lowest BCUT2D eigenvalue weighted by molar-refractivity contribution is -0.139. The lowest BCUT2D eigenvalue weighted by Crippen LogP contribution is -2.02. The highest BCUT2D eigenvalue weighted by molar-refractivity contribution is 7.12. The number of thiophene rings is 1. The Kier molecular flexibility index (Phi) is 5.29. The van der Waals surface area contributed by atoms with Crippen molar-refractivity contribution < 1.29 is 9.53 Å². The van der Waals surface area contributed by atoms with Gasteiger partial charge in [-0.05, 0) is 30.3 Å². The number of esters is 1. The van der Waals surface area contributed by atoms with Crippen molar-refractivity contribution in [3.63, 3.8) is 0 Å². The van der Waals surface area contributed by atoms with E-state index >= 15 is 0 Å². The van der Waals surface area contributed by atoms with Crippen molar-refractivity contribution in [1.82, 2.24) is 0 Å². The molecule has 0 bridgehead atoms. The van der Waals surface area contributed by atoms with Gasteiger partial charge in [-0.15, -0.1) is 11.3 Å². The number of anilines is 1. The summed E-state index contributed by atoms with van der Waals surface area (Å²) in [5.74, 6) is -0.229. The molecule has 0 spiro atoms. The number of hydrogen-bond acceptors (Lipinski definition) is 4. The van der Waals surface area contributed by atoms with Gasteiger partial charge in [0.1, 0.15) is 0 Å². The maximum absolute atomic E-state index is 11.2. The molecule has 1 heterocycles. The van der Waals surface area contributed by atoms with E-state index in [4.69, 9.17) is 23.2 Å². The van der Waals surface area contributed by atoms with Gasteiger partial charge in [0.15, 0.2) is 0 Å². The van der Waals surface area contributed by atoms with Crippen LogP contribution in [0.2, 0.25) is 10.0 Å². The largest absolute Gasteiger partial charge is 0.469 e. The van der Waals surface area contributed by atoms with Crippen molar-refractivity contribution >= 4 is 46.2 Å². The number of rotatable bonds is 5. The Labute approximate surface area is 131 Å². The summed E-state index contributed by atoms with van der Waals surface area (Å²) in [6.45, 7) is 0.655. The van der Waals surface area contributed by atoms with Gasteiger partial charge >= 0.3 is 5.97 Å². The monoisotopic (exact) mass is 329 g/mol. The number of ether oxygens (including phenoxy) is 1. The lowest BCUT2D eigenvalue weighted by atomic mass is 10.3. The Balaban J connectivity index is 1.95. The van der Waals surface area contributed by atoms with Gasteiger partial charge in [0.05, 0.1) is 13.5 Å². The van der Waals surface area contributed by atoms with Crippen LogP contribution in [-0.4, -0.2) is 13.1 Å². The van der Waals surface area contributed by atoms with Crippen molar-refractivity contribution in [2.45, 2.75) is 13.0 Å². The molecular weight excluding hydrogens is 317 g/mol. The fourth-order valence-electron chi connectivity index (χ4n) is 1.67. The van der Waals surface area contributed by atoms with Gasteiger partial charge in [-0.1, -0.05) is 23.2 Å². The number of methoxy groups -OCH3 is 1. The molecule has 0 amide bonds. The van der Waals surface area contributed by atoms with Crippen molar-refractivity contribution in [3.05, 3.63) is 50.1 Å². The fraction of sp³-hybridized carbons (Fsp3) is 0.214. The Morgan fingerprint density at radius 2 is 1.85 bits per heavy atom. The molecule has 0 saturated heterocycles. The third-order valence-electron chi connectivity index (χ3n) is 2.59. The lowest BCUT2D eigenvalue weighted by Gasteiger charge is -2.06. The van der Waals surface area contributed by atoms with Crippen molar-refractivity contribution in [2.75, 3.05) is 12.4 Å². The third kappa shape index (κ3) is 4.40. The van der Waals surface area contributed by atoms with Crippen LogP contribution in [0.4, 0.5) is 5.69 Å². The Bertz CT molecular complexity index is 593. The van der Waals surface area contributed by atoms with Crippen LogP contribution in [0.5, 0.6) is 0 Å². The summed E-state index contributed by atoms with van der Waals surface area (Å²) in [6, 6.07) is 9.24. The predicted molar refractivity (Wildman–Crippen MR) is 83.8 cm³/mol. The average molecular weight is 330 g/mol. The molecule has 3 nitrogen and oxygen atoms in total. The van der Waals surface area contributed by atoms with Crippen molar-refractivity contribution in [1.29, 1.82) is 0 Å². The second-order valence-corrected chi connectivity index (χ2v) is 6.26. The van der Waals surface area contributed by atoms with Gasteiger partial charge in [-0.25, -0.2) is 0 Å². The van der Waals surface area contributed by atoms with E-state index in [2.05, 4.69) is 10.1 Å². The molecule has 0 unspecified atom stereocenters. The maximum Gasteiger partial charge on any atom is 0.310 e. The second kappa shape index (κ2) is 6.97. The molecule has 1 aromatic carbocycles. The Morgan fingerprint density at radius 1 is 1.20 bits per heavy atom. The van der Waals surface area contributed by atoms with Crippen LogP contribution in [0.3, 0.4) is 0 Å².